The van der Waals surface area contributed by atoms with Crippen LogP contribution < -0.4 is 21.7 Å². The van der Waals surface area contributed by atoms with E-state index < -0.39 is 66.9 Å². The molecule has 0 saturated heterocycles. The number of carbonyl (C=O) groups excluding carboxylic acids is 3. The van der Waals surface area contributed by atoms with E-state index in [2.05, 4.69) is 25.9 Å². The molecule has 1 aromatic heterocycles. The Balaban J connectivity index is 2.05. The summed E-state index contributed by atoms with van der Waals surface area (Å²) in [5.41, 5.74) is 6.90. The maximum Gasteiger partial charge on any atom is 0.326 e. The van der Waals surface area contributed by atoms with Gasteiger partial charge in [-0.3, -0.25) is 19.2 Å². The van der Waals surface area contributed by atoms with Crippen molar-refractivity contribution in [3.63, 3.8) is 0 Å². The Bertz CT molecular complexity index is 1110. The number of amides is 3. The second-order valence-electron chi connectivity index (χ2n) is 8.39. The maximum atomic E-state index is 12.8. The van der Waals surface area contributed by atoms with E-state index in [1.54, 1.807) is 0 Å². The summed E-state index contributed by atoms with van der Waals surface area (Å²) in [5, 5.41) is 44.3. The average molecular weight is 535 g/mol. The van der Waals surface area contributed by atoms with Crippen molar-refractivity contribution in [1.29, 1.82) is 0 Å². The molecule has 38 heavy (non-hydrogen) atoms. The molecule has 206 valence electrons. The first-order chi connectivity index (χ1) is 18.0. The number of nitrogens with two attached hydrogens (primary N) is 1. The molecular formula is C23H30N6O9. The van der Waals surface area contributed by atoms with E-state index in [9.17, 15) is 39.3 Å². The first-order valence-corrected chi connectivity index (χ1v) is 11.5. The molecule has 0 spiro atoms. The normalized spacial score (nSPS) is 13.9. The van der Waals surface area contributed by atoms with Gasteiger partial charge >= 0.3 is 11.9 Å². The molecule has 0 fully saturated rings. The highest BCUT2D eigenvalue weighted by Crippen LogP contribution is 2.11. The number of aliphatic carboxylic acids is 2. The number of nitrogens with one attached hydrogen (secondary N) is 4. The predicted molar refractivity (Wildman–Crippen MR) is 129 cm³/mol. The van der Waals surface area contributed by atoms with E-state index in [0.717, 1.165) is 0 Å². The third-order valence-electron chi connectivity index (χ3n) is 5.42. The van der Waals surface area contributed by atoms with Gasteiger partial charge in [0.25, 0.3) is 0 Å². The SMILES string of the molecule is NC(Cc1cnc[nH]1)C(=O)NC(CCC(=O)O)C(=O)NC(CO)C(=O)NC(Cc1ccc(O)cc1)C(=O)O. The molecule has 1 aromatic carbocycles. The maximum absolute atomic E-state index is 12.8. The Hall–Kier alpha value is -4.50. The van der Waals surface area contributed by atoms with Crippen molar-refractivity contribution >= 4 is 29.7 Å². The lowest BCUT2D eigenvalue weighted by atomic mass is 10.0. The molecule has 0 aliphatic heterocycles. The van der Waals surface area contributed by atoms with Crippen LogP contribution in [0.5, 0.6) is 5.75 Å². The lowest BCUT2D eigenvalue weighted by molar-refractivity contribution is -0.142. The fourth-order valence-electron chi connectivity index (χ4n) is 3.35. The summed E-state index contributed by atoms with van der Waals surface area (Å²) in [6, 6.07) is 0.0705. The summed E-state index contributed by atoms with van der Waals surface area (Å²) in [6.07, 6.45) is 1.90. The van der Waals surface area contributed by atoms with E-state index in [0.29, 0.717) is 11.3 Å². The fraction of sp³-hybridized carbons (Fsp3) is 0.391. The van der Waals surface area contributed by atoms with Gasteiger partial charge in [0.15, 0.2) is 0 Å². The van der Waals surface area contributed by atoms with E-state index in [-0.39, 0.29) is 25.0 Å². The smallest absolute Gasteiger partial charge is 0.326 e. The summed E-state index contributed by atoms with van der Waals surface area (Å²) < 4.78 is 0. The van der Waals surface area contributed by atoms with Crippen molar-refractivity contribution in [2.24, 2.45) is 5.73 Å². The standard InChI is InChI=1S/C23H30N6O9/c24-15(8-13-9-25-11-26-13)20(34)27-16(5-6-19(32)33)21(35)29-18(10-30)22(36)28-17(23(37)38)7-12-1-3-14(31)4-2-12/h1-4,9,11,15-18,30-31H,5-8,10,24H2,(H,25,26)(H,27,34)(H,28,36)(H,29,35)(H,32,33)(H,37,38). The molecule has 2 aromatic rings. The van der Waals surface area contributed by atoms with Crippen molar-refractivity contribution in [2.45, 2.75) is 49.9 Å². The summed E-state index contributed by atoms with van der Waals surface area (Å²) in [7, 11) is 0. The molecule has 1 heterocycles. The highest BCUT2D eigenvalue weighted by Gasteiger charge is 2.30. The van der Waals surface area contributed by atoms with Crippen molar-refractivity contribution in [3.05, 3.63) is 48.0 Å². The summed E-state index contributed by atoms with van der Waals surface area (Å²) in [4.78, 5) is 67.3. The van der Waals surface area contributed by atoms with Gasteiger partial charge in [0.1, 0.15) is 23.9 Å². The number of hydrogen-bond donors (Lipinski definition) is 9. The monoisotopic (exact) mass is 534 g/mol. The van der Waals surface area contributed by atoms with Gasteiger partial charge in [-0.05, 0) is 24.1 Å². The summed E-state index contributed by atoms with van der Waals surface area (Å²) >= 11 is 0. The minimum atomic E-state index is -1.60. The number of imidazole rings is 1. The topological polar surface area (TPSA) is 257 Å². The first kappa shape index (κ1) is 29.7. The molecule has 10 N–H and O–H groups in total. The van der Waals surface area contributed by atoms with Gasteiger partial charge in [0.05, 0.1) is 19.0 Å². The molecule has 15 heteroatoms. The molecule has 4 atom stereocenters. The second kappa shape index (κ2) is 14.3. The number of aromatic amines is 1. The molecule has 4 unspecified atom stereocenters. The molecule has 0 saturated carbocycles. The Morgan fingerprint density at radius 1 is 0.895 bits per heavy atom. The highest BCUT2D eigenvalue weighted by atomic mass is 16.4. The van der Waals surface area contributed by atoms with E-state index in [1.807, 2.05) is 0 Å². The number of aromatic nitrogens is 2. The van der Waals surface area contributed by atoms with Crippen LogP contribution >= 0.6 is 0 Å². The molecule has 0 bridgehead atoms. The molecule has 15 nitrogen and oxygen atoms in total. The zero-order chi connectivity index (χ0) is 28.2. The number of benzene rings is 1. The zero-order valence-corrected chi connectivity index (χ0v) is 20.2. The number of aliphatic hydroxyl groups excluding tert-OH is 1. The third kappa shape index (κ3) is 9.51. The van der Waals surface area contributed by atoms with Crippen LogP contribution in [-0.2, 0) is 36.8 Å². The molecular weight excluding hydrogens is 504 g/mol. The minimum absolute atomic E-state index is 0.0282. The molecule has 0 aliphatic carbocycles. The van der Waals surface area contributed by atoms with Crippen LogP contribution in [0.2, 0.25) is 0 Å². The van der Waals surface area contributed by atoms with E-state index >= 15 is 0 Å². The Kier molecular flexibility index (Phi) is 11.2. The molecule has 0 radical (unpaired) electrons. The average Bonchev–Trinajstić information content (AvgIpc) is 3.38. The van der Waals surface area contributed by atoms with Gasteiger partial charge in [-0.15, -0.1) is 0 Å². The number of H-pyrrole nitrogens is 1. The predicted octanol–water partition coefficient (Wildman–Crippen LogP) is -2.38. The highest BCUT2D eigenvalue weighted by molar-refractivity contribution is 5.94. The largest absolute Gasteiger partial charge is 0.508 e. The van der Waals surface area contributed by atoms with Crippen LogP contribution in [0.4, 0.5) is 0 Å². The number of carboxylic acids is 2. The summed E-state index contributed by atoms with van der Waals surface area (Å²) in [6.45, 7) is -0.915. The number of phenolic OH excluding ortho intramolecular Hbond substituents is 1. The third-order valence-corrected chi connectivity index (χ3v) is 5.42. The number of phenols is 1. The van der Waals surface area contributed by atoms with Crippen LogP contribution in [-0.4, -0.2) is 90.8 Å². The van der Waals surface area contributed by atoms with Gasteiger partial charge in [0.2, 0.25) is 17.7 Å². The summed E-state index contributed by atoms with van der Waals surface area (Å²) in [5.74, 6) is -5.42. The fourth-order valence-corrected chi connectivity index (χ4v) is 3.35. The van der Waals surface area contributed by atoms with Gasteiger partial charge in [-0.25, -0.2) is 9.78 Å². The first-order valence-electron chi connectivity index (χ1n) is 11.5. The van der Waals surface area contributed by atoms with Gasteiger partial charge < -0.3 is 47.1 Å². The van der Waals surface area contributed by atoms with Crippen LogP contribution in [0.1, 0.15) is 24.1 Å². The lowest BCUT2D eigenvalue weighted by Crippen LogP contribution is -2.58. The zero-order valence-electron chi connectivity index (χ0n) is 20.2. The Labute approximate surface area is 216 Å². The van der Waals surface area contributed by atoms with E-state index in [4.69, 9.17) is 10.8 Å². The minimum Gasteiger partial charge on any atom is -0.508 e. The molecule has 2 rings (SSSR count). The van der Waals surface area contributed by atoms with Gasteiger partial charge in [-0.1, -0.05) is 12.1 Å². The lowest BCUT2D eigenvalue weighted by Gasteiger charge is -2.24. The second-order valence-corrected chi connectivity index (χ2v) is 8.39. The number of hydrogen-bond acceptors (Lipinski definition) is 9. The number of nitrogens with zero attached hydrogens (tertiary/aromatic N) is 1. The van der Waals surface area contributed by atoms with Crippen molar-refractivity contribution in [3.8, 4) is 5.75 Å². The van der Waals surface area contributed by atoms with Crippen molar-refractivity contribution < 1.29 is 44.4 Å². The Morgan fingerprint density at radius 3 is 2.05 bits per heavy atom. The van der Waals surface area contributed by atoms with Crippen molar-refractivity contribution in [1.82, 2.24) is 25.9 Å². The number of rotatable bonds is 15. The van der Waals surface area contributed by atoms with Crippen LogP contribution in [0.3, 0.4) is 0 Å². The van der Waals surface area contributed by atoms with Crippen LogP contribution in [0.25, 0.3) is 0 Å². The quantitative estimate of drug-likeness (QED) is 0.117. The number of aliphatic hydroxyl groups is 1. The van der Waals surface area contributed by atoms with Gasteiger partial charge in [0, 0.05) is 31.2 Å². The number of carboxylic acid groups (broad SMARTS) is 2. The van der Waals surface area contributed by atoms with Crippen LogP contribution in [0, 0.1) is 0 Å². The molecule has 0 aliphatic rings. The Morgan fingerprint density at radius 2 is 1.50 bits per heavy atom. The van der Waals surface area contributed by atoms with Crippen LogP contribution in [0.15, 0.2) is 36.8 Å². The number of carbonyl (C=O) groups is 5. The van der Waals surface area contributed by atoms with Crippen molar-refractivity contribution in [2.75, 3.05) is 6.61 Å². The number of aromatic hydroxyl groups is 1. The van der Waals surface area contributed by atoms with Gasteiger partial charge in [-0.2, -0.15) is 0 Å². The van der Waals surface area contributed by atoms with E-state index in [1.165, 1.54) is 36.8 Å². The molecule has 3 amide bonds.